The molecule has 0 saturated carbocycles. The number of aryl methyl sites for hydroxylation is 1. The lowest BCUT2D eigenvalue weighted by Crippen LogP contribution is -2.28. The van der Waals surface area contributed by atoms with E-state index in [1.54, 1.807) is 36.5 Å². The Morgan fingerprint density at radius 2 is 2.13 bits per heavy atom. The lowest BCUT2D eigenvalue weighted by atomic mass is 9.72. The molecule has 7 heteroatoms. The summed E-state index contributed by atoms with van der Waals surface area (Å²) in [5, 5.41) is 9.25. The Balaban J connectivity index is 1.66. The number of benzene rings is 1. The van der Waals surface area contributed by atoms with Crippen LogP contribution in [0.15, 0.2) is 29.1 Å². The number of ether oxygens (including phenoxy) is 1. The first-order chi connectivity index (χ1) is 14.3. The second kappa shape index (κ2) is 7.95. The van der Waals surface area contributed by atoms with Crippen LogP contribution in [-0.2, 0) is 24.1 Å². The van der Waals surface area contributed by atoms with E-state index < -0.39 is 0 Å². The molecule has 2 heterocycles. The third-order valence-corrected chi connectivity index (χ3v) is 7.07. The van der Waals surface area contributed by atoms with Gasteiger partial charge in [-0.1, -0.05) is 38.1 Å². The van der Waals surface area contributed by atoms with Gasteiger partial charge in [-0.15, -0.1) is 16.4 Å². The molecule has 1 aliphatic rings. The minimum atomic E-state index is -0.367. The summed E-state index contributed by atoms with van der Waals surface area (Å²) in [6.45, 7) is 9.22. The summed E-state index contributed by atoms with van der Waals surface area (Å²) in [6.07, 6.45) is 3.00. The third kappa shape index (κ3) is 3.90. The van der Waals surface area contributed by atoms with Crippen LogP contribution in [0.5, 0.6) is 0 Å². The molecule has 1 aromatic carbocycles. The van der Waals surface area contributed by atoms with E-state index >= 15 is 0 Å². The third-order valence-electron chi connectivity index (χ3n) is 5.93. The summed E-state index contributed by atoms with van der Waals surface area (Å²) in [7, 11) is 0. The maximum atomic E-state index is 13.2. The number of esters is 1. The summed E-state index contributed by atoms with van der Waals surface area (Å²) in [5.74, 6) is 0.243. The van der Waals surface area contributed by atoms with E-state index in [1.807, 2.05) is 6.07 Å². The zero-order valence-corrected chi connectivity index (χ0v) is 18.7. The van der Waals surface area contributed by atoms with Crippen molar-refractivity contribution in [1.29, 1.82) is 0 Å². The van der Waals surface area contributed by atoms with Gasteiger partial charge in [0.25, 0.3) is 5.56 Å². The number of hydrogen-bond donors (Lipinski definition) is 0. The van der Waals surface area contributed by atoms with Gasteiger partial charge in [-0.3, -0.25) is 4.79 Å². The lowest BCUT2D eigenvalue weighted by Gasteiger charge is -2.33. The molecule has 4 rings (SSSR count). The Morgan fingerprint density at radius 1 is 1.33 bits per heavy atom. The monoisotopic (exact) mass is 425 g/mol. The highest BCUT2D eigenvalue weighted by atomic mass is 32.1. The maximum absolute atomic E-state index is 13.2. The van der Waals surface area contributed by atoms with Gasteiger partial charge in [0.2, 0.25) is 0 Å². The fraction of sp³-hybridized carbons (Fsp3) is 0.478. The standard InChI is InChI=1S/C23H27N3O3S/c1-5-29-22(28)15-8-6-7-14(11-15)13-26-21(27)19-17-10-9-16(23(2,3)4)12-18(17)30-20(19)24-25-26/h6-8,11,16H,5,9-10,12-13H2,1-4H3. The number of carbonyl (C=O) groups excluding carboxylic acids is 1. The highest BCUT2D eigenvalue weighted by molar-refractivity contribution is 7.18. The van der Waals surface area contributed by atoms with Crippen LogP contribution < -0.4 is 5.56 Å². The first kappa shape index (κ1) is 20.7. The quantitative estimate of drug-likeness (QED) is 0.585. The van der Waals surface area contributed by atoms with Crippen LogP contribution in [0.3, 0.4) is 0 Å². The molecule has 0 spiro atoms. The number of aromatic nitrogens is 3. The van der Waals surface area contributed by atoms with Crippen molar-refractivity contribution in [2.75, 3.05) is 6.61 Å². The first-order valence-electron chi connectivity index (χ1n) is 10.4. The SMILES string of the molecule is CCOC(=O)c1cccc(Cn2nnc3sc4c(c3c2=O)CCC(C(C)(C)C)C4)c1. The van der Waals surface area contributed by atoms with Gasteiger partial charge in [-0.05, 0) is 60.8 Å². The van der Waals surface area contributed by atoms with Gasteiger partial charge in [0.15, 0.2) is 4.83 Å². The topological polar surface area (TPSA) is 74.1 Å². The molecule has 6 nitrogen and oxygen atoms in total. The van der Waals surface area contributed by atoms with Crippen molar-refractivity contribution in [2.45, 2.75) is 53.5 Å². The van der Waals surface area contributed by atoms with Crippen molar-refractivity contribution < 1.29 is 9.53 Å². The van der Waals surface area contributed by atoms with E-state index in [1.165, 1.54) is 9.56 Å². The summed E-state index contributed by atoms with van der Waals surface area (Å²) in [6, 6.07) is 7.11. The van der Waals surface area contributed by atoms with Gasteiger partial charge in [0, 0.05) is 4.88 Å². The van der Waals surface area contributed by atoms with E-state index in [-0.39, 0.29) is 23.5 Å². The Labute approximate surface area is 179 Å². The number of nitrogens with zero attached hydrogens (tertiary/aromatic N) is 3. The Kier molecular flexibility index (Phi) is 5.49. The summed E-state index contributed by atoms with van der Waals surface area (Å²) in [4.78, 5) is 27.3. The molecule has 0 fully saturated rings. The minimum Gasteiger partial charge on any atom is -0.462 e. The molecular formula is C23H27N3O3S. The number of thiophene rings is 1. The largest absolute Gasteiger partial charge is 0.462 e. The zero-order valence-electron chi connectivity index (χ0n) is 17.9. The molecule has 2 aromatic heterocycles. The van der Waals surface area contributed by atoms with Crippen molar-refractivity contribution in [3.05, 3.63) is 56.2 Å². The second-order valence-electron chi connectivity index (χ2n) is 8.96. The molecule has 0 bridgehead atoms. The summed E-state index contributed by atoms with van der Waals surface area (Å²) < 4.78 is 6.46. The minimum absolute atomic E-state index is 0.103. The molecule has 30 heavy (non-hydrogen) atoms. The normalized spacial score (nSPS) is 16.5. The molecule has 0 amide bonds. The average molecular weight is 426 g/mol. The fourth-order valence-corrected chi connectivity index (χ4v) is 5.39. The van der Waals surface area contributed by atoms with E-state index in [0.29, 0.717) is 18.1 Å². The van der Waals surface area contributed by atoms with Gasteiger partial charge in [0.1, 0.15) is 0 Å². The predicted octanol–water partition coefficient (Wildman–Crippen LogP) is 4.23. The van der Waals surface area contributed by atoms with Gasteiger partial charge in [-0.2, -0.15) is 0 Å². The van der Waals surface area contributed by atoms with Gasteiger partial charge < -0.3 is 4.74 Å². The van der Waals surface area contributed by atoms with Gasteiger partial charge in [0.05, 0.1) is 24.1 Å². The summed E-state index contributed by atoms with van der Waals surface area (Å²) in [5.41, 5.74) is 2.59. The summed E-state index contributed by atoms with van der Waals surface area (Å²) >= 11 is 1.61. The highest BCUT2D eigenvalue weighted by Crippen LogP contribution is 2.41. The molecule has 1 unspecified atom stereocenters. The average Bonchev–Trinajstić information content (AvgIpc) is 3.08. The van der Waals surface area contributed by atoms with Crippen LogP contribution in [0, 0.1) is 11.3 Å². The van der Waals surface area contributed by atoms with Crippen LogP contribution in [0.2, 0.25) is 0 Å². The predicted molar refractivity (Wildman–Crippen MR) is 118 cm³/mol. The van der Waals surface area contributed by atoms with Crippen molar-refractivity contribution in [3.63, 3.8) is 0 Å². The molecule has 0 saturated heterocycles. The molecular weight excluding hydrogens is 398 g/mol. The molecule has 158 valence electrons. The molecule has 1 atom stereocenters. The number of rotatable bonds is 4. The van der Waals surface area contributed by atoms with Crippen molar-refractivity contribution in [3.8, 4) is 0 Å². The molecule has 3 aromatic rings. The number of carbonyl (C=O) groups is 1. The lowest BCUT2D eigenvalue weighted by molar-refractivity contribution is 0.0526. The Hall–Kier alpha value is -2.54. The van der Waals surface area contributed by atoms with Gasteiger partial charge >= 0.3 is 5.97 Å². The molecule has 0 radical (unpaired) electrons. The van der Waals surface area contributed by atoms with Crippen molar-refractivity contribution in [2.24, 2.45) is 11.3 Å². The van der Waals surface area contributed by atoms with E-state index in [9.17, 15) is 9.59 Å². The van der Waals surface area contributed by atoms with E-state index in [2.05, 4.69) is 31.1 Å². The van der Waals surface area contributed by atoms with Crippen LogP contribution in [-0.4, -0.2) is 27.6 Å². The van der Waals surface area contributed by atoms with Crippen LogP contribution in [0.25, 0.3) is 10.2 Å². The van der Waals surface area contributed by atoms with E-state index in [4.69, 9.17) is 4.74 Å². The Morgan fingerprint density at radius 3 is 2.87 bits per heavy atom. The molecule has 0 aliphatic heterocycles. The highest BCUT2D eigenvalue weighted by Gasteiger charge is 2.31. The number of hydrogen-bond acceptors (Lipinski definition) is 6. The maximum Gasteiger partial charge on any atom is 0.338 e. The second-order valence-corrected chi connectivity index (χ2v) is 10.0. The first-order valence-corrected chi connectivity index (χ1v) is 11.2. The zero-order chi connectivity index (χ0) is 21.5. The van der Waals surface area contributed by atoms with Crippen LogP contribution in [0.4, 0.5) is 0 Å². The molecule has 1 aliphatic carbocycles. The fourth-order valence-electron chi connectivity index (χ4n) is 4.15. The molecule has 0 N–H and O–H groups in total. The van der Waals surface area contributed by atoms with Gasteiger partial charge in [-0.25, -0.2) is 9.48 Å². The van der Waals surface area contributed by atoms with E-state index in [0.717, 1.165) is 40.6 Å². The van der Waals surface area contributed by atoms with Crippen molar-refractivity contribution in [1.82, 2.24) is 15.0 Å². The van der Waals surface area contributed by atoms with Crippen LogP contribution >= 0.6 is 11.3 Å². The smallest absolute Gasteiger partial charge is 0.338 e. The Bertz CT molecular complexity index is 1160. The van der Waals surface area contributed by atoms with Crippen LogP contribution in [0.1, 0.15) is 60.5 Å². The van der Waals surface area contributed by atoms with Crippen molar-refractivity contribution >= 4 is 27.5 Å². The number of fused-ring (bicyclic) bond motifs is 3.